The third kappa shape index (κ3) is 5.13. The first-order valence-corrected chi connectivity index (χ1v) is 7.52. The molecule has 1 fully saturated rings. The molecule has 0 aliphatic heterocycles. The summed E-state index contributed by atoms with van der Waals surface area (Å²) >= 11 is 0. The summed E-state index contributed by atoms with van der Waals surface area (Å²) in [5.74, 6) is 3.48. The second-order valence-electron chi connectivity index (χ2n) is 5.39. The highest BCUT2D eigenvalue weighted by Crippen LogP contribution is 2.24. The van der Waals surface area contributed by atoms with E-state index < -0.39 is 0 Å². The molecule has 100 valence electrons. The summed E-state index contributed by atoms with van der Waals surface area (Å²) < 4.78 is 0. The van der Waals surface area contributed by atoms with E-state index in [9.17, 15) is 0 Å². The van der Waals surface area contributed by atoms with Crippen molar-refractivity contribution in [2.24, 2.45) is 5.92 Å². The van der Waals surface area contributed by atoms with E-state index in [0.29, 0.717) is 5.92 Å². The summed E-state index contributed by atoms with van der Waals surface area (Å²) in [7, 11) is 0. The Labute approximate surface area is 109 Å². The van der Waals surface area contributed by atoms with Gasteiger partial charge in [0, 0.05) is 19.9 Å². The van der Waals surface area contributed by atoms with Gasteiger partial charge < -0.3 is 0 Å². The van der Waals surface area contributed by atoms with Crippen LogP contribution in [0.2, 0.25) is 0 Å². The molecule has 0 spiro atoms. The van der Waals surface area contributed by atoms with Crippen LogP contribution in [-0.2, 0) is 0 Å². The monoisotopic (exact) mass is 237 g/mol. The molecule has 0 bridgehead atoms. The van der Waals surface area contributed by atoms with E-state index in [-0.39, 0.29) is 1.43 Å². The van der Waals surface area contributed by atoms with Gasteiger partial charge in [-0.05, 0) is 25.8 Å². The van der Waals surface area contributed by atoms with E-state index in [4.69, 9.17) is 6.42 Å². The molecule has 1 rings (SSSR count). The Balaban J connectivity index is 0.00000289. The second kappa shape index (κ2) is 8.59. The first-order chi connectivity index (χ1) is 8.31. The van der Waals surface area contributed by atoms with Gasteiger partial charge in [0.25, 0.3) is 0 Å². The van der Waals surface area contributed by atoms with Crippen molar-refractivity contribution in [1.29, 1.82) is 0 Å². The van der Waals surface area contributed by atoms with Crippen LogP contribution in [0.5, 0.6) is 0 Å². The van der Waals surface area contributed by atoms with Crippen molar-refractivity contribution in [1.82, 2.24) is 4.90 Å². The molecular formula is C16H31N. The van der Waals surface area contributed by atoms with E-state index in [1.807, 2.05) is 0 Å². The largest absolute Gasteiger partial charge is 0.299 e. The summed E-state index contributed by atoms with van der Waals surface area (Å²) in [6, 6.07) is 0.821. The van der Waals surface area contributed by atoms with Crippen LogP contribution in [0.3, 0.4) is 0 Å². The minimum atomic E-state index is 0. The topological polar surface area (TPSA) is 3.24 Å². The summed E-state index contributed by atoms with van der Waals surface area (Å²) in [6.45, 7) is 6.82. The zero-order chi connectivity index (χ0) is 12.5. The summed E-state index contributed by atoms with van der Waals surface area (Å²) in [5, 5.41) is 0. The van der Waals surface area contributed by atoms with Crippen molar-refractivity contribution in [3.63, 3.8) is 0 Å². The molecule has 0 saturated heterocycles. The third-order valence-corrected chi connectivity index (χ3v) is 4.09. The molecule has 1 saturated carbocycles. The Bertz CT molecular complexity index is 228. The lowest BCUT2D eigenvalue weighted by atomic mass is 10.0. The van der Waals surface area contributed by atoms with Crippen LogP contribution >= 0.6 is 0 Å². The summed E-state index contributed by atoms with van der Waals surface area (Å²) in [4.78, 5) is 2.63. The molecule has 0 aromatic carbocycles. The number of unbranched alkanes of at least 4 members (excludes halogenated alkanes) is 2. The van der Waals surface area contributed by atoms with Crippen LogP contribution in [-0.4, -0.2) is 24.0 Å². The molecule has 0 aromatic rings. The molecule has 0 aromatic heterocycles. The zero-order valence-electron chi connectivity index (χ0n) is 11.8. The molecule has 1 unspecified atom stereocenters. The molecule has 1 aliphatic rings. The molecule has 0 amide bonds. The molecular weight excluding hydrogens is 206 g/mol. The molecule has 0 radical (unpaired) electrons. The Morgan fingerprint density at radius 3 is 2.53 bits per heavy atom. The number of nitrogens with zero attached hydrogens (tertiary/aromatic N) is 1. The summed E-state index contributed by atoms with van der Waals surface area (Å²) in [6.07, 6.45) is 16.4. The van der Waals surface area contributed by atoms with Gasteiger partial charge in [0.1, 0.15) is 0 Å². The van der Waals surface area contributed by atoms with Crippen LogP contribution in [0.1, 0.15) is 66.6 Å². The fraction of sp³-hybridized carbons (Fsp3) is 0.875. The Kier molecular flexibility index (Phi) is 7.37. The lowest BCUT2D eigenvalue weighted by Gasteiger charge is -2.29. The van der Waals surface area contributed by atoms with Gasteiger partial charge in [-0.3, -0.25) is 4.90 Å². The first kappa shape index (κ1) is 14.6. The number of hydrogen-bond donors (Lipinski definition) is 0. The minimum Gasteiger partial charge on any atom is -0.299 e. The Morgan fingerprint density at radius 1 is 1.29 bits per heavy atom. The molecule has 1 nitrogen and oxygen atoms in total. The van der Waals surface area contributed by atoms with Crippen LogP contribution in [0.4, 0.5) is 0 Å². The number of terminal acetylenes is 1. The Hall–Kier alpha value is -0.480. The fourth-order valence-corrected chi connectivity index (χ4v) is 2.96. The lowest BCUT2D eigenvalue weighted by molar-refractivity contribution is 0.187. The summed E-state index contributed by atoms with van der Waals surface area (Å²) in [5.41, 5.74) is 0. The van der Waals surface area contributed by atoms with E-state index in [1.165, 1.54) is 51.4 Å². The smallest absolute Gasteiger partial charge is 0.0327 e. The van der Waals surface area contributed by atoms with Crippen molar-refractivity contribution in [3.8, 4) is 12.3 Å². The Morgan fingerprint density at radius 2 is 2.00 bits per heavy atom. The van der Waals surface area contributed by atoms with Gasteiger partial charge in [-0.15, -0.1) is 12.3 Å². The molecule has 1 heteroatoms. The molecule has 17 heavy (non-hydrogen) atoms. The quantitative estimate of drug-likeness (QED) is 0.449. The second-order valence-corrected chi connectivity index (χ2v) is 5.39. The van der Waals surface area contributed by atoms with Gasteiger partial charge in [-0.25, -0.2) is 0 Å². The standard InChI is InChI=1S/C16H29N.H2/c1-4-7-8-11-15(5-2)14-17(6-3)16-12-9-10-13-16;/h2,15-16H,4,6-14H2,1,3H3;1H. The third-order valence-electron chi connectivity index (χ3n) is 4.09. The van der Waals surface area contributed by atoms with Gasteiger partial charge in [-0.1, -0.05) is 46.0 Å². The molecule has 0 heterocycles. The average Bonchev–Trinajstić information content (AvgIpc) is 2.87. The molecule has 1 atom stereocenters. The highest BCUT2D eigenvalue weighted by atomic mass is 15.2. The average molecular weight is 237 g/mol. The van der Waals surface area contributed by atoms with E-state index in [1.54, 1.807) is 0 Å². The van der Waals surface area contributed by atoms with Crippen molar-refractivity contribution in [3.05, 3.63) is 0 Å². The van der Waals surface area contributed by atoms with Crippen LogP contribution in [0.25, 0.3) is 0 Å². The number of rotatable bonds is 8. The van der Waals surface area contributed by atoms with Gasteiger partial charge >= 0.3 is 0 Å². The predicted octanol–water partition coefficient (Wildman–Crippen LogP) is 4.33. The van der Waals surface area contributed by atoms with Crippen LogP contribution < -0.4 is 0 Å². The fourth-order valence-electron chi connectivity index (χ4n) is 2.96. The first-order valence-electron chi connectivity index (χ1n) is 7.52. The molecule has 1 aliphatic carbocycles. The maximum Gasteiger partial charge on any atom is 0.0327 e. The zero-order valence-corrected chi connectivity index (χ0v) is 11.8. The number of hydrogen-bond acceptors (Lipinski definition) is 1. The maximum atomic E-state index is 5.68. The predicted molar refractivity (Wildman–Crippen MR) is 78.1 cm³/mol. The van der Waals surface area contributed by atoms with Crippen LogP contribution in [0.15, 0.2) is 0 Å². The SMILES string of the molecule is C#CC(CCCCC)CN(CC)C1CCCC1.[HH]. The van der Waals surface area contributed by atoms with Gasteiger partial charge in [0.05, 0.1) is 0 Å². The van der Waals surface area contributed by atoms with Gasteiger partial charge in [-0.2, -0.15) is 0 Å². The van der Waals surface area contributed by atoms with E-state index in [0.717, 1.165) is 19.1 Å². The van der Waals surface area contributed by atoms with Crippen molar-refractivity contribution in [2.45, 2.75) is 71.3 Å². The van der Waals surface area contributed by atoms with Crippen molar-refractivity contribution < 1.29 is 1.43 Å². The normalized spacial score (nSPS) is 18.5. The van der Waals surface area contributed by atoms with E-state index >= 15 is 0 Å². The maximum absolute atomic E-state index is 5.68. The highest BCUT2D eigenvalue weighted by molar-refractivity contribution is 4.95. The van der Waals surface area contributed by atoms with E-state index in [2.05, 4.69) is 24.7 Å². The van der Waals surface area contributed by atoms with Crippen molar-refractivity contribution in [2.75, 3.05) is 13.1 Å². The van der Waals surface area contributed by atoms with Gasteiger partial charge in [0.15, 0.2) is 0 Å². The van der Waals surface area contributed by atoms with Crippen LogP contribution in [0, 0.1) is 18.3 Å². The van der Waals surface area contributed by atoms with Crippen molar-refractivity contribution >= 4 is 0 Å². The van der Waals surface area contributed by atoms with Gasteiger partial charge in [0.2, 0.25) is 0 Å². The highest BCUT2D eigenvalue weighted by Gasteiger charge is 2.22. The minimum absolute atomic E-state index is 0. The molecule has 0 N–H and O–H groups in total. The lowest BCUT2D eigenvalue weighted by Crippen LogP contribution is -2.36.